The Bertz CT molecular complexity index is 839. The molecule has 6 nitrogen and oxygen atoms in total. The number of carbonyl (C=O) groups excluding carboxylic acids is 1. The van der Waals surface area contributed by atoms with E-state index in [1.165, 1.54) is 10.9 Å². The van der Waals surface area contributed by atoms with Gasteiger partial charge >= 0.3 is 6.03 Å². The fourth-order valence-corrected chi connectivity index (χ4v) is 3.69. The number of nitrogens with one attached hydrogen (secondary N) is 3. The number of H-pyrrole nitrogens is 2. The molecule has 1 atom stereocenters. The number of rotatable bonds is 4. The minimum atomic E-state index is 0.00217. The number of piperidine rings is 1. The molecule has 3 N–H and O–H groups in total. The first kappa shape index (κ1) is 15.7. The fraction of sp³-hybridized carbons (Fsp3) is 0.368. The number of likely N-dealkylation sites (tertiary alicyclic amines) is 1. The van der Waals surface area contributed by atoms with Gasteiger partial charge in [-0.1, -0.05) is 12.1 Å². The van der Waals surface area contributed by atoms with Crippen LogP contribution in [0.2, 0.25) is 0 Å². The van der Waals surface area contributed by atoms with Gasteiger partial charge in [-0.15, -0.1) is 0 Å². The van der Waals surface area contributed by atoms with Crippen molar-refractivity contribution >= 4 is 16.9 Å². The highest BCUT2D eigenvalue weighted by molar-refractivity contribution is 5.83. The van der Waals surface area contributed by atoms with Crippen molar-refractivity contribution in [2.45, 2.75) is 31.7 Å². The zero-order chi connectivity index (χ0) is 17.1. The van der Waals surface area contributed by atoms with Crippen molar-refractivity contribution in [3.8, 4) is 0 Å². The average molecular weight is 337 g/mol. The number of amides is 2. The average Bonchev–Trinajstić information content (AvgIpc) is 3.33. The van der Waals surface area contributed by atoms with Gasteiger partial charge in [0.2, 0.25) is 0 Å². The lowest BCUT2D eigenvalue weighted by atomic mass is 10.0. The number of benzene rings is 1. The number of urea groups is 1. The van der Waals surface area contributed by atoms with Crippen molar-refractivity contribution in [2.24, 2.45) is 0 Å². The van der Waals surface area contributed by atoms with E-state index in [9.17, 15) is 4.79 Å². The standard InChI is InChI=1S/C19H23N5O/c25-19(24-13-2-1-6-17(24)18-21-11-12-22-18)23-9-7-14-4-3-5-16-15(14)8-10-20-16/h3-5,8,10-12,17,20H,1-2,6-7,9,13H2,(H,21,22)(H,23,25)/t17-/m0/s1. The molecule has 1 aliphatic heterocycles. The zero-order valence-electron chi connectivity index (χ0n) is 14.2. The minimum absolute atomic E-state index is 0.00217. The van der Waals surface area contributed by atoms with Crippen molar-refractivity contribution in [1.82, 2.24) is 25.2 Å². The third kappa shape index (κ3) is 3.24. The van der Waals surface area contributed by atoms with Gasteiger partial charge in [0, 0.05) is 42.6 Å². The van der Waals surface area contributed by atoms with Gasteiger partial charge in [-0.3, -0.25) is 0 Å². The van der Waals surface area contributed by atoms with E-state index in [1.54, 1.807) is 6.20 Å². The lowest BCUT2D eigenvalue weighted by molar-refractivity contribution is 0.148. The summed E-state index contributed by atoms with van der Waals surface area (Å²) in [5.41, 5.74) is 2.39. The maximum Gasteiger partial charge on any atom is 0.318 e. The molecule has 130 valence electrons. The molecule has 1 fully saturated rings. The molecule has 2 amide bonds. The van der Waals surface area contributed by atoms with Crippen LogP contribution in [0.1, 0.15) is 36.7 Å². The molecule has 3 heterocycles. The molecule has 0 bridgehead atoms. The highest BCUT2D eigenvalue weighted by atomic mass is 16.2. The van der Waals surface area contributed by atoms with Crippen LogP contribution in [-0.2, 0) is 6.42 Å². The number of nitrogens with zero attached hydrogens (tertiary/aromatic N) is 2. The van der Waals surface area contributed by atoms with Crippen LogP contribution in [0.3, 0.4) is 0 Å². The Hall–Kier alpha value is -2.76. The Balaban J connectivity index is 1.39. The maximum absolute atomic E-state index is 12.7. The van der Waals surface area contributed by atoms with E-state index >= 15 is 0 Å². The Labute approximate surface area is 146 Å². The Morgan fingerprint density at radius 3 is 3.08 bits per heavy atom. The van der Waals surface area contributed by atoms with Crippen LogP contribution in [0.15, 0.2) is 42.9 Å². The number of hydrogen-bond acceptors (Lipinski definition) is 2. The fourth-order valence-electron chi connectivity index (χ4n) is 3.69. The van der Waals surface area contributed by atoms with Gasteiger partial charge < -0.3 is 20.2 Å². The van der Waals surface area contributed by atoms with E-state index in [4.69, 9.17) is 0 Å². The summed E-state index contributed by atoms with van der Waals surface area (Å²) < 4.78 is 0. The van der Waals surface area contributed by atoms with Gasteiger partial charge in [0.1, 0.15) is 5.82 Å². The van der Waals surface area contributed by atoms with Crippen LogP contribution in [0.5, 0.6) is 0 Å². The lowest BCUT2D eigenvalue weighted by Gasteiger charge is -2.34. The second kappa shape index (κ2) is 7.01. The quantitative estimate of drug-likeness (QED) is 0.682. The number of carbonyl (C=O) groups is 1. The van der Waals surface area contributed by atoms with Crippen molar-refractivity contribution in [3.05, 3.63) is 54.2 Å². The first-order valence-electron chi connectivity index (χ1n) is 8.91. The van der Waals surface area contributed by atoms with E-state index < -0.39 is 0 Å². The van der Waals surface area contributed by atoms with Crippen LogP contribution in [0, 0.1) is 0 Å². The van der Waals surface area contributed by atoms with Gasteiger partial charge in [-0.25, -0.2) is 9.78 Å². The second-order valence-electron chi connectivity index (χ2n) is 6.52. The van der Waals surface area contributed by atoms with Gasteiger partial charge in [0.15, 0.2) is 0 Å². The first-order chi connectivity index (χ1) is 12.3. The molecule has 0 aliphatic carbocycles. The molecule has 3 aromatic rings. The summed E-state index contributed by atoms with van der Waals surface area (Å²) in [6.07, 6.45) is 9.48. The molecule has 0 radical (unpaired) electrons. The highest BCUT2D eigenvalue weighted by Crippen LogP contribution is 2.28. The van der Waals surface area contributed by atoms with Crippen LogP contribution in [-0.4, -0.2) is 39.0 Å². The molecular formula is C19H23N5O. The van der Waals surface area contributed by atoms with E-state index in [-0.39, 0.29) is 12.1 Å². The van der Waals surface area contributed by atoms with Gasteiger partial charge in [0.05, 0.1) is 6.04 Å². The summed E-state index contributed by atoms with van der Waals surface area (Å²) in [4.78, 5) is 25.3. The summed E-state index contributed by atoms with van der Waals surface area (Å²) >= 11 is 0. The van der Waals surface area contributed by atoms with Crippen molar-refractivity contribution in [3.63, 3.8) is 0 Å². The molecule has 1 aromatic carbocycles. The molecule has 1 aliphatic rings. The Kier molecular flexibility index (Phi) is 4.41. The van der Waals surface area contributed by atoms with Crippen LogP contribution in [0.4, 0.5) is 4.79 Å². The largest absolute Gasteiger partial charge is 0.361 e. The summed E-state index contributed by atoms with van der Waals surface area (Å²) in [5.74, 6) is 0.881. The third-order valence-electron chi connectivity index (χ3n) is 4.95. The van der Waals surface area contributed by atoms with E-state index in [0.717, 1.165) is 43.6 Å². The number of hydrogen-bond donors (Lipinski definition) is 3. The third-order valence-corrected chi connectivity index (χ3v) is 4.95. The topological polar surface area (TPSA) is 76.8 Å². The summed E-state index contributed by atoms with van der Waals surface area (Å²) in [6.45, 7) is 1.41. The number of aromatic nitrogens is 3. The zero-order valence-corrected chi connectivity index (χ0v) is 14.2. The molecule has 25 heavy (non-hydrogen) atoms. The lowest BCUT2D eigenvalue weighted by Crippen LogP contribution is -2.45. The smallest absolute Gasteiger partial charge is 0.318 e. The number of imidazole rings is 1. The number of aromatic amines is 2. The van der Waals surface area contributed by atoms with Crippen molar-refractivity contribution in [2.75, 3.05) is 13.1 Å². The molecule has 2 aromatic heterocycles. The molecule has 6 heteroatoms. The predicted molar refractivity (Wildman–Crippen MR) is 97.3 cm³/mol. The molecule has 0 unspecified atom stereocenters. The van der Waals surface area contributed by atoms with Gasteiger partial charge in [-0.2, -0.15) is 0 Å². The maximum atomic E-state index is 12.7. The minimum Gasteiger partial charge on any atom is -0.361 e. The molecular weight excluding hydrogens is 314 g/mol. The Morgan fingerprint density at radius 2 is 2.20 bits per heavy atom. The molecule has 4 rings (SSSR count). The molecule has 0 spiro atoms. The number of fused-ring (bicyclic) bond motifs is 1. The molecule has 0 saturated carbocycles. The van der Waals surface area contributed by atoms with Crippen LogP contribution in [0.25, 0.3) is 10.9 Å². The van der Waals surface area contributed by atoms with Crippen LogP contribution < -0.4 is 5.32 Å². The monoisotopic (exact) mass is 337 g/mol. The van der Waals surface area contributed by atoms with Crippen LogP contribution >= 0.6 is 0 Å². The molecule has 1 saturated heterocycles. The summed E-state index contributed by atoms with van der Waals surface area (Å²) in [5, 5.41) is 4.31. The van der Waals surface area contributed by atoms with E-state index in [0.29, 0.717) is 6.54 Å². The van der Waals surface area contributed by atoms with E-state index in [2.05, 4.69) is 38.5 Å². The summed E-state index contributed by atoms with van der Waals surface area (Å²) in [7, 11) is 0. The normalized spacial score (nSPS) is 17.8. The first-order valence-corrected chi connectivity index (χ1v) is 8.91. The SMILES string of the molecule is O=C(NCCc1cccc2[nH]ccc12)N1CCCC[C@H]1c1ncc[nH]1. The van der Waals surface area contributed by atoms with Gasteiger partial charge in [-0.05, 0) is 43.4 Å². The van der Waals surface area contributed by atoms with Crippen molar-refractivity contribution in [1.29, 1.82) is 0 Å². The van der Waals surface area contributed by atoms with E-state index in [1.807, 2.05) is 23.4 Å². The van der Waals surface area contributed by atoms with Gasteiger partial charge in [0.25, 0.3) is 0 Å². The highest BCUT2D eigenvalue weighted by Gasteiger charge is 2.29. The summed E-state index contributed by atoms with van der Waals surface area (Å²) in [6, 6.07) is 8.38. The van der Waals surface area contributed by atoms with Crippen molar-refractivity contribution < 1.29 is 4.79 Å². The second-order valence-corrected chi connectivity index (χ2v) is 6.52. The predicted octanol–water partition coefficient (Wildman–Crippen LogP) is 3.37. The Morgan fingerprint density at radius 1 is 1.24 bits per heavy atom.